The van der Waals surface area contributed by atoms with Gasteiger partial charge in [0.05, 0.1) is 17.6 Å². The highest BCUT2D eigenvalue weighted by Crippen LogP contribution is 2.26. The van der Waals surface area contributed by atoms with Crippen molar-refractivity contribution in [2.45, 2.75) is 6.54 Å². The van der Waals surface area contributed by atoms with Crippen molar-refractivity contribution in [2.24, 2.45) is 0 Å². The predicted molar refractivity (Wildman–Crippen MR) is 95.3 cm³/mol. The maximum absolute atomic E-state index is 12.0. The van der Waals surface area contributed by atoms with E-state index in [1.54, 1.807) is 12.1 Å². The molecule has 25 heavy (non-hydrogen) atoms. The summed E-state index contributed by atoms with van der Waals surface area (Å²) in [5.41, 5.74) is 1.79. The molecule has 0 unspecified atom stereocenters. The number of hydrogen-bond acceptors (Lipinski definition) is 4. The molecule has 4 rings (SSSR count). The molecule has 0 aliphatic heterocycles. The Kier molecular flexibility index (Phi) is 3.82. The van der Waals surface area contributed by atoms with Crippen LogP contribution in [0.5, 0.6) is 5.75 Å². The number of carbonyl (C=O) groups is 1. The van der Waals surface area contributed by atoms with Crippen molar-refractivity contribution in [3.63, 3.8) is 0 Å². The highest BCUT2D eigenvalue weighted by molar-refractivity contribution is 6.00. The Hall–Kier alpha value is -3.34. The second-order valence-corrected chi connectivity index (χ2v) is 5.65. The largest absolute Gasteiger partial charge is 0.491 e. The van der Waals surface area contributed by atoms with Crippen molar-refractivity contribution in [3.8, 4) is 5.75 Å². The normalized spacial score (nSPS) is 11.0. The van der Waals surface area contributed by atoms with Gasteiger partial charge >= 0.3 is 5.76 Å². The second-order valence-electron chi connectivity index (χ2n) is 5.65. The first kappa shape index (κ1) is 15.2. The average Bonchev–Trinajstić information content (AvgIpc) is 2.97. The van der Waals surface area contributed by atoms with E-state index >= 15 is 0 Å². The predicted octanol–water partition coefficient (Wildman–Crippen LogP) is 3.64. The molecule has 0 fully saturated rings. The first-order valence-corrected chi connectivity index (χ1v) is 7.96. The van der Waals surface area contributed by atoms with Crippen LogP contribution in [-0.4, -0.2) is 17.5 Å². The zero-order valence-electron chi connectivity index (χ0n) is 13.3. The Morgan fingerprint density at radius 3 is 2.68 bits per heavy atom. The fourth-order valence-electron chi connectivity index (χ4n) is 3.00. The smallest absolute Gasteiger partial charge is 0.420 e. The number of carbonyl (C=O) groups excluding carboxylic acids is 1. The number of rotatable bonds is 5. The van der Waals surface area contributed by atoms with Gasteiger partial charge in [0.25, 0.3) is 0 Å². The van der Waals surface area contributed by atoms with Crippen LogP contribution in [0.1, 0.15) is 10.4 Å². The lowest BCUT2D eigenvalue weighted by Gasteiger charge is -2.11. The molecule has 1 aromatic heterocycles. The van der Waals surface area contributed by atoms with Gasteiger partial charge in [0, 0.05) is 0 Å². The molecule has 5 nitrogen and oxygen atoms in total. The maximum atomic E-state index is 12.0. The molecule has 0 N–H and O–H groups in total. The van der Waals surface area contributed by atoms with E-state index in [0.29, 0.717) is 23.4 Å². The molecular weight excluding hydrogens is 318 g/mol. The Morgan fingerprint density at radius 1 is 1.00 bits per heavy atom. The van der Waals surface area contributed by atoms with Crippen LogP contribution >= 0.6 is 0 Å². The van der Waals surface area contributed by atoms with E-state index in [1.165, 1.54) is 4.57 Å². The van der Waals surface area contributed by atoms with E-state index in [2.05, 4.69) is 0 Å². The molecule has 5 heteroatoms. The molecule has 0 aliphatic rings. The minimum atomic E-state index is -0.418. The molecule has 0 saturated carbocycles. The fraction of sp³-hybridized carbons (Fsp3) is 0.100. The number of para-hydroxylation sites is 2. The van der Waals surface area contributed by atoms with Crippen LogP contribution in [0.4, 0.5) is 0 Å². The summed E-state index contributed by atoms with van der Waals surface area (Å²) in [6, 6.07) is 18.6. The van der Waals surface area contributed by atoms with Gasteiger partial charge < -0.3 is 9.15 Å². The van der Waals surface area contributed by atoms with E-state index in [4.69, 9.17) is 9.15 Å². The lowest BCUT2D eigenvalue weighted by atomic mass is 10.0. The lowest BCUT2D eigenvalue weighted by Crippen LogP contribution is -2.18. The average molecular weight is 333 g/mol. The van der Waals surface area contributed by atoms with E-state index in [1.807, 2.05) is 48.5 Å². The molecular formula is C20H15NO4. The summed E-state index contributed by atoms with van der Waals surface area (Å²) < 4.78 is 12.5. The number of nitrogens with zero attached hydrogens (tertiary/aromatic N) is 1. The Bertz CT molecular complexity index is 1120. The van der Waals surface area contributed by atoms with Gasteiger partial charge in [-0.25, -0.2) is 4.79 Å². The van der Waals surface area contributed by atoms with Crippen LogP contribution in [0.25, 0.3) is 21.9 Å². The van der Waals surface area contributed by atoms with Gasteiger partial charge in [-0.05, 0) is 29.0 Å². The van der Waals surface area contributed by atoms with Crippen molar-refractivity contribution in [1.29, 1.82) is 0 Å². The zero-order valence-corrected chi connectivity index (χ0v) is 13.3. The summed E-state index contributed by atoms with van der Waals surface area (Å²) in [5, 5.41) is 1.83. The molecule has 0 amide bonds. The van der Waals surface area contributed by atoms with E-state index in [0.717, 1.165) is 22.6 Å². The molecule has 124 valence electrons. The van der Waals surface area contributed by atoms with Crippen LogP contribution in [-0.2, 0) is 6.54 Å². The van der Waals surface area contributed by atoms with Gasteiger partial charge in [0.2, 0.25) is 0 Å². The van der Waals surface area contributed by atoms with Crippen LogP contribution in [0.3, 0.4) is 0 Å². The van der Waals surface area contributed by atoms with Gasteiger partial charge in [-0.15, -0.1) is 0 Å². The van der Waals surface area contributed by atoms with E-state index in [9.17, 15) is 9.59 Å². The molecule has 4 aromatic rings. The summed E-state index contributed by atoms with van der Waals surface area (Å²) in [6.45, 7) is 0.587. The quantitative estimate of drug-likeness (QED) is 0.523. The van der Waals surface area contributed by atoms with Crippen molar-refractivity contribution < 1.29 is 13.9 Å². The van der Waals surface area contributed by atoms with Crippen molar-refractivity contribution in [1.82, 2.24) is 4.57 Å². The van der Waals surface area contributed by atoms with Crippen LogP contribution < -0.4 is 10.5 Å². The summed E-state index contributed by atoms with van der Waals surface area (Å²) in [4.78, 5) is 23.5. The van der Waals surface area contributed by atoms with Crippen molar-refractivity contribution in [3.05, 3.63) is 76.8 Å². The zero-order chi connectivity index (χ0) is 17.2. The van der Waals surface area contributed by atoms with Gasteiger partial charge in [-0.1, -0.05) is 42.5 Å². The molecule has 1 heterocycles. The highest BCUT2D eigenvalue weighted by atomic mass is 16.5. The number of fused-ring (bicyclic) bond motifs is 2. The number of aromatic nitrogens is 1. The monoisotopic (exact) mass is 333 g/mol. The van der Waals surface area contributed by atoms with Crippen LogP contribution in [0.15, 0.2) is 69.9 Å². The Labute approximate surface area is 143 Å². The number of hydrogen-bond donors (Lipinski definition) is 0. The third-order valence-corrected chi connectivity index (χ3v) is 4.19. The number of aldehydes is 1. The van der Waals surface area contributed by atoms with E-state index in [-0.39, 0.29) is 6.61 Å². The second kappa shape index (κ2) is 6.28. The molecule has 0 radical (unpaired) electrons. The molecule has 0 bridgehead atoms. The first-order valence-electron chi connectivity index (χ1n) is 7.96. The fourth-order valence-corrected chi connectivity index (χ4v) is 3.00. The van der Waals surface area contributed by atoms with Gasteiger partial charge in [0.15, 0.2) is 11.9 Å². The Balaban J connectivity index is 1.59. The van der Waals surface area contributed by atoms with Crippen molar-refractivity contribution >= 4 is 28.2 Å². The molecule has 0 atom stereocenters. The standard InChI is InChI=1S/C20H15NO4/c22-13-16-15-6-2-1-5-14(15)9-10-18(16)24-12-11-21-17-7-3-4-8-19(17)25-20(21)23/h1-10,13H,11-12H2. The minimum absolute atomic E-state index is 0.253. The molecule has 3 aromatic carbocycles. The third-order valence-electron chi connectivity index (χ3n) is 4.19. The molecule has 0 saturated heterocycles. The summed E-state index contributed by atoms with van der Waals surface area (Å²) in [5.74, 6) is 0.0912. The van der Waals surface area contributed by atoms with Gasteiger partial charge in [-0.3, -0.25) is 9.36 Å². The lowest BCUT2D eigenvalue weighted by molar-refractivity contribution is 0.112. The summed E-state index contributed by atoms with van der Waals surface area (Å²) >= 11 is 0. The number of benzene rings is 3. The third kappa shape index (κ3) is 2.70. The van der Waals surface area contributed by atoms with Crippen LogP contribution in [0, 0.1) is 0 Å². The van der Waals surface area contributed by atoms with E-state index < -0.39 is 5.76 Å². The minimum Gasteiger partial charge on any atom is -0.491 e. The van der Waals surface area contributed by atoms with Crippen molar-refractivity contribution in [2.75, 3.05) is 6.61 Å². The summed E-state index contributed by atoms with van der Waals surface area (Å²) in [7, 11) is 0. The molecule has 0 spiro atoms. The van der Waals surface area contributed by atoms with Gasteiger partial charge in [0.1, 0.15) is 12.4 Å². The maximum Gasteiger partial charge on any atom is 0.420 e. The number of oxazole rings is 1. The summed E-state index contributed by atoms with van der Waals surface area (Å²) in [6.07, 6.45) is 0.803. The SMILES string of the molecule is O=Cc1c(OCCn2c(=O)oc3ccccc32)ccc2ccccc12. The Morgan fingerprint density at radius 2 is 1.80 bits per heavy atom. The number of ether oxygens (including phenoxy) is 1. The molecule has 0 aliphatic carbocycles. The highest BCUT2D eigenvalue weighted by Gasteiger charge is 2.10. The first-order chi connectivity index (χ1) is 12.3. The topological polar surface area (TPSA) is 61.4 Å². The van der Waals surface area contributed by atoms with Gasteiger partial charge in [-0.2, -0.15) is 0 Å². The van der Waals surface area contributed by atoms with Crippen LogP contribution in [0.2, 0.25) is 0 Å².